The number of Topliss-reactive ketones (excluding diaryl/α,β-unsaturated/α-hetero) is 1. The summed E-state index contributed by atoms with van der Waals surface area (Å²) in [5.41, 5.74) is 3.52. The van der Waals surface area contributed by atoms with Crippen LogP contribution in [-0.2, 0) is 0 Å². The number of fused-ring (bicyclic) bond motifs is 2. The molecule has 166 valence electrons. The molecule has 0 N–H and O–H groups in total. The number of thiazole rings is 1. The number of ketones is 1. The van der Waals surface area contributed by atoms with Crippen LogP contribution in [0.5, 0.6) is 0 Å². The number of amides is 1. The Bertz CT molecular complexity index is 1540. The molecule has 0 radical (unpaired) electrons. The van der Waals surface area contributed by atoms with Crippen molar-refractivity contribution >= 4 is 50.7 Å². The van der Waals surface area contributed by atoms with E-state index in [1.54, 1.807) is 43.3 Å². The number of carbonyl (C=O) groups is 2. The lowest BCUT2D eigenvalue weighted by Crippen LogP contribution is -2.29. The third kappa shape index (κ3) is 3.31. The number of aryl methyl sites for hydroxylation is 3. The van der Waals surface area contributed by atoms with Crippen molar-refractivity contribution in [3.8, 4) is 0 Å². The molecule has 1 atom stereocenters. The summed E-state index contributed by atoms with van der Waals surface area (Å²) in [7, 11) is 0. The van der Waals surface area contributed by atoms with E-state index in [4.69, 9.17) is 16.0 Å². The molecule has 1 aliphatic rings. The quantitative estimate of drug-likeness (QED) is 0.348. The first kappa shape index (κ1) is 21.6. The van der Waals surface area contributed by atoms with Gasteiger partial charge >= 0.3 is 0 Å². The van der Waals surface area contributed by atoms with Gasteiger partial charge in [-0.3, -0.25) is 19.3 Å². The average Bonchev–Trinajstić information content (AvgIpc) is 3.28. The number of rotatable bonds is 3. The predicted molar refractivity (Wildman–Crippen MR) is 129 cm³/mol. The third-order valence-electron chi connectivity index (χ3n) is 5.98. The average molecular weight is 479 g/mol. The highest BCUT2D eigenvalue weighted by Gasteiger charge is 2.45. The highest BCUT2D eigenvalue weighted by molar-refractivity contribution is 7.17. The first-order valence-corrected chi connectivity index (χ1v) is 11.5. The summed E-state index contributed by atoms with van der Waals surface area (Å²) in [5, 5.41) is 1.30. The molecular formula is C25H19ClN2O4S. The zero-order valence-corrected chi connectivity index (χ0v) is 19.9. The monoisotopic (exact) mass is 478 g/mol. The molecule has 4 aromatic rings. The zero-order valence-electron chi connectivity index (χ0n) is 18.4. The summed E-state index contributed by atoms with van der Waals surface area (Å²) in [4.78, 5) is 45.8. The Labute approximate surface area is 198 Å². The first-order valence-electron chi connectivity index (χ1n) is 10.3. The molecule has 2 aromatic heterocycles. The largest absolute Gasteiger partial charge is 0.450 e. The van der Waals surface area contributed by atoms with Crippen LogP contribution in [0.1, 0.15) is 61.1 Å². The molecular weight excluding hydrogens is 460 g/mol. The number of anilines is 1. The van der Waals surface area contributed by atoms with E-state index in [1.165, 1.54) is 11.8 Å². The Morgan fingerprint density at radius 1 is 1.09 bits per heavy atom. The van der Waals surface area contributed by atoms with Crippen LogP contribution in [0.3, 0.4) is 0 Å². The molecule has 1 unspecified atom stereocenters. The van der Waals surface area contributed by atoms with Gasteiger partial charge in [-0.05, 0) is 61.7 Å². The van der Waals surface area contributed by atoms with Crippen molar-refractivity contribution in [3.05, 3.63) is 90.2 Å². The van der Waals surface area contributed by atoms with Crippen molar-refractivity contribution in [3.63, 3.8) is 0 Å². The molecule has 0 aliphatic carbocycles. The van der Waals surface area contributed by atoms with Gasteiger partial charge in [0.1, 0.15) is 5.58 Å². The van der Waals surface area contributed by atoms with Gasteiger partial charge in [-0.2, -0.15) is 0 Å². The molecule has 2 aromatic carbocycles. The van der Waals surface area contributed by atoms with Gasteiger partial charge in [0.05, 0.1) is 27.6 Å². The van der Waals surface area contributed by atoms with Gasteiger partial charge in [-0.15, -0.1) is 0 Å². The van der Waals surface area contributed by atoms with Gasteiger partial charge in [0.15, 0.2) is 16.3 Å². The molecule has 1 aliphatic heterocycles. The Balaban J connectivity index is 1.81. The van der Waals surface area contributed by atoms with E-state index in [2.05, 4.69) is 4.98 Å². The lowest BCUT2D eigenvalue weighted by atomic mass is 9.97. The summed E-state index contributed by atoms with van der Waals surface area (Å²) in [5.74, 6) is -0.603. The van der Waals surface area contributed by atoms with Crippen molar-refractivity contribution in [2.75, 3.05) is 4.90 Å². The van der Waals surface area contributed by atoms with Crippen molar-refractivity contribution in [1.82, 2.24) is 4.98 Å². The summed E-state index contributed by atoms with van der Waals surface area (Å²) >= 11 is 7.22. The third-order valence-corrected chi connectivity index (χ3v) is 7.49. The Hall–Kier alpha value is -3.29. The Morgan fingerprint density at radius 2 is 1.76 bits per heavy atom. The van der Waals surface area contributed by atoms with Crippen LogP contribution in [0.15, 0.2) is 45.6 Å². The number of nitrogens with zero attached hydrogens (tertiary/aromatic N) is 2. The maximum absolute atomic E-state index is 13.7. The maximum Gasteiger partial charge on any atom is 0.297 e. The predicted octanol–water partition coefficient (Wildman–Crippen LogP) is 5.78. The highest BCUT2D eigenvalue weighted by Crippen LogP contribution is 2.43. The molecule has 0 saturated heterocycles. The van der Waals surface area contributed by atoms with E-state index in [9.17, 15) is 14.4 Å². The summed E-state index contributed by atoms with van der Waals surface area (Å²) < 4.78 is 6.04. The lowest BCUT2D eigenvalue weighted by molar-refractivity contribution is 0.0969. The Kier molecular flexibility index (Phi) is 4.99. The molecule has 1 amide bonds. The second-order valence-electron chi connectivity index (χ2n) is 8.20. The van der Waals surface area contributed by atoms with E-state index in [1.807, 2.05) is 13.8 Å². The van der Waals surface area contributed by atoms with Crippen LogP contribution < -0.4 is 10.3 Å². The summed E-state index contributed by atoms with van der Waals surface area (Å²) in [6, 6.07) is 9.80. The number of hydrogen-bond acceptors (Lipinski definition) is 6. The lowest BCUT2D eigenvalue weighted by Gasteiger charge is -2.22. The SMILES string of the molecule is CC(=O)c1sc(N2C(=O)c3oc4cc(C)c(C)cc4c(=O)c3C2c2ccc(Cl)cc2)nc1C. The molecule has 8 heteroatoms. The summed E-state index contributed by atoms with van der Waals surface area (Å²) in [6.45, 7) is 7.04. The topological polar surface area (TPSA) is 80.5 Å². The van der Waals surface area contributed by atoms with E-state index in [-0.39, 0.29) is 22.5 Å². The number of halogens is 1. The van der Waals surface area contributed by atoms with Gasteiger partial charge in [0.2, 0.25) is 5.76 Å². The fourth-order valence-electron chi connectivity index (χ4n) is 4.20. The minimum Gasteiger partial charge on any atom is -0.450 e. The van der Waals surface area contributed by atoms with Crippen LogP contribution in [0.25, 0.3) is 11.0 Å². The van der Waals surface area contributed by atoms with Gasteiger partial charge in [-0.1, -0.05) is 35.1 Å². The molecule has 0 spiro atoms. The molecule has 3 heterocycles. The second-order valence-corrected chi connectivity index (χ2v) is 9.62. The fourth-order valence-corrected chi connectivity index (χ4v) is 5.31. The smallest absolute Gasteiger partial charge is 0.297 e. The molecule has 6 nitrogen and oxygen atoms in total. The van der Waals surface area contributed by atoms with Crippen LogP contribution in [0.4, 0.5) is 5.13 Å². The Morgan fingerprint density at radius 3 is 2.39 bits per heavy atom. The fraction of sp³-hybridized carbons (Fsp3) is 0.200. The van der Waals surface area contributed by atoms with E-state index in [0.29, 0.717) is 37.3 Å². The van der Waals surface area contributed by atoms with Gasteiger partial charge in [0, 0.05) is 11.9 Å². The van der Waals surface area contributed by atoms with Crippen LogP contribution in [-0.4, -0.2) is 16.7 Å². The van der Waals surface area contributed by atoms with Crippen LogP contribution in [0.2, 0.25) is 5.02 Å². The first-order chi connectivity index (χ1) is 15.7. The second kappa shape index (κ2) is 7.64. The number of hydrogen-bond donors (Lipinski definition) is 0. The van der Waals surface area contributed by atoms with Gasteiger partial charge in [0.25, 0.3) is 5.91 Å². The minimum atomic E-state index is -0.752. The number of carbonyl (C=O) groups excluding carboxylic acids is 2. The van der Waals surface area contributed by atoms with Gasteiger partial charge < -0.3 is 4.42 Å². The van der Waals surface area contributed by atoms with Crippen molar-refractivity contribution < 1.29 is 14.0 Å². The maximum atomic E-state index is 13.7. The molecule has 33 heavy (non-hydrogen) atoms. The van der Waals surface area contributed by atoms with E-state index in [0.717, 1.165) is 22.5 Å². The van der Waals surface area contributed by atoms with Crippen molar-refractivity contribution in [1.29, 1.82) is 0 Å². The molecule has 0 bridgehead atoms. The van der Waals surface area contributed by atoms with E-state index >= 15 is 0 Å². The van der Waals surface area contributed by atoms with E-state index < -0.39 is 11.9 Å². The van der Waals surface area contributed by atoms with Crippen LogP contribution >= 0.6 is 22.9 Å². The highest BCUT2D eigenvalue weighted by atomic mass is 35.5. The van der Waals surface area contributed by atoms with Gasteiger partial charge in [-0.25, -0.2) is 4.98 Å². The van der Waals surface area contributed by atoms with Crippen molar-refractivity contribution in [2.24, 2.45) is 0 Å². The molecule has 0 saturated carbocycles. The molecule has 0 fully saturated rings. The number of benzene rings is 2. The zero-order chi connectivity index (χ0) is 23.6. The minimum absolute atomic E-state index is 0.00655. The standard InChI is InChI=1S/C25H19ClN2O4S/c1-11-9-17-18(10-12(11)2)32-22-19(21(17)30)20(15-5-7-16(26)8-6-15)28(24(22)31)25-27-13(3)23(33-25)14(4)29/h5-10,20H,1-4H3. The summed E-state index contributed by atoms with van der Waals surface area (Å²) in [6.07, 6.45) is 0. The number of aromatic nitrogens is 1. The van der Waals surface area contributed by atoms with Crippen LogP contribution in [0, 0.1) is 20.8 Å². The normalized spacial score (nSPS) is 15.4. The van der Waals surface area contributed by atoms with Crippen molar-refractivity contribution in [2.45, 2.75) is 33.7 Å². The molecule has 5 rings (SSSR count).